The lowest BCUT2D eigenvalue weighted by Gasteiger charge is -2.03. The highest BCUT2D eigenvalue weighted by Crippen LogP contribution is 2.31. The van der Waals surface area contributed by atoms with Gasteiger partial charge in [-0.25, -0.2) is 0 Å². The molecule has 0 saturated heterocycles. The molecule has 0 aliphatic rings. The van der Waals surface area contributed by atoms with Crippen LogP contribution < -0.4 is 0 Å². The second-order valence-corrected chi connectivity index (χ2v) is 8.40. The first-order valence-electron chi connectivity index (χ1n) is 8.96. The molecule has 0 saturated carbocycles. The maximum absolute atomic E-state index is 4.36. The average molecular weight is 381 g/mol. The molecule has 0 atom stereocenters. The van der Waals surface area contributed by atoms with Gasteiger partial charge in [0.25, 0.3) is 0 Å². The second-order valence-electron chi connectivity index (χ2n) is 6.28. The van der Waals surface area contributed by atoms with Crippen molar-refractivity contribution < 1.29 is 0 Å². The van der Waals surface area contributed by atoms with Crippen LogP contribution in [0.5, 0.6) is 0 Å². The highest BCUT2D eigenvalue weighted by Gasteiger charge is 2.10. The van der Waals surface area contributed by atoms with E-state index in [9.17, 15) is 0 Å². The third-order valence-electron chi connectivity index (χ3n) is 4.20. The van der Waals surface area contributed by atoms with Crippen LogP contribution in [0, 0.1) is 0 Å². The van der Waals surface area contributed by atoms with E-state index in [2.05, 4.69) is 70.6 Å². The van der Waals surface area contributed by atoms with Crippen LogP contribution in [0.2, 0.25) is 0 Å². The lowest BCUT2D eigenvalue weighted by Crippen LogP contribution is -1.82. The van der Waals surface area contributed by atoms with Crippen LogP contribution in [-0.2, 0) is 12.8 Å². The van der Waals surface area contributed by atoms with Gasteiger partial charge in [-0.15, -0.1) is 20.4 Å². The normalized spacial score (nSPS) is 11.3. The molecule has 0 radical (unpaired) electrons. The summed E-state index contributed by atoms with van der Waals surface area (Å²) in [6, 6.07) is 13.0. The van der Waals surface area contributed by atoms with Gasteiger partial charge in [0.1, 0.15) is 20.0 Å². The van der Waals surface area contributed by atoms with E-state index in [1.54, 1.807) is 22.7 Å². The Morgan fingerprint density at radius 2 is 1.15 bits per heavy atom. The predicted molar refractivity (Wildman–Crippen MR) is 110 cm³/mol. The SMILES string of the molecule is CCCc1nnc(-c2ccc3ccc(-c4nnc(CCC)s4)cc3c2)s1. The van der Waals surface area contributed by atoms with Crippen LogP contribution in [0.25, 0.3) is 31.9 Å². The van der Waals surface area contributed by atoms with Crippen molar-refractivity contribution in [1.82, 2.24) is 20.4 Å². The number of hydrogen-bond donors (Lipinski definition) is 0. The first-order valence-corrected chi connectivity index (χ1v) is 10.6. The largest absolute Gasteiger partial charge is 0.147 e. The van der Waals surface area contributed by atoms with Crippen molar-refractivity contribution in [3.63, 3.8) is 0 Å². The summed E-state index contributed by atoms with van der Waals surface area (Å²) in [5.74, 6) is 0. The van der Waals surface area contributed by atoms with Gasteiger partial charge in [0, 0.05) is 24.0 Å². The molecule has 0 fully saturated rings. The molecule has 0 spiro atoms. The quantitative estimate of drug-likeness (QED) is 0.425. The van der Waals surface area contributed by atoms with Gasteiger partial charge in [0.15, 0.2) is 0 Å². The molecule has 2 aromatic carbocycles. The minimum Gasteiger partial charge on any atom is -0.143 e. The first-order chi connectivity index (χ1) is 12.8. The monoisotopic (exact) mass is 380 g/mol. The zero-order valence-electron chi connectivity index (χ0n) is 14.9. The van der Waals surface area contributed by atoms with Gasteiger partial charge >= 0.3 is 0 Å². The van der Waals surface area contributed by atoms with Crippen LogP contribution >= 0.6 is 22.7 Å². The maximum Gasteiger partial charge on any atom is 0.147 e. The van der Waals surface area contributed by atoms with Crippen molar-refractivity contribution in [2.45, 2.75) is 39.5 Å². The number of benzene rings is 2. The number of nitrogens with zero attached hydrogens (tertiary/aromatic N) is 4. The van der Waals surface area contributed by atoms with Crippen molar-refractivity contribution in [3.05, 3.63) is 46.4 Å². The number of aryl methyl sites for hydroxylation is 2. The van der Waals surface area contributed by atoms with Gasteiger partial charge < -0.3 is 0 Å². The van der Waals surface area contributed by atoms with Crippen LogP contribution in [0.1, 0.15) is 36.7 Å². The molecule has 26 heavy (non-hydrogen) atoms. The van der Waals surface area contributed by atoms with Gasteiger partial charge in [0.2, 0.25) is 0 Å². The molecule has 2 heterocycles. The van der Waals surface area contributed by atoms with Crippen molar-refractivity contribution in [1.29, 1.82) is 0 Å². The molecule has 132 valence electrons. The molecule has 0 aliphatic heterocycles. The number of rotatable bonds is 6. The summed E-state index contributed by atoms with van der Waals surface area (Å²) in [4.78, 5) is 0. The van der Waals surface area contributed by atoms with Gasteiger partial charge in [-0.05, 0) is 35.7 Å². The standard InChI is InChI=1S/C20H20N4S2/c1-3-5-17-21-23-19(25-17)14-9-7-13-8-10-15(12-16(13)11-14)20-24-22-18(26-20)6-4-2/h7-12H,3-6H2,1-2H3. The molecule has 0 bridgehead atoms. The van der Waals surface area contributed by atoms with E-state index in [1.807, 2.05) is 0 Å². The van der Waals surface area contributed by atoms with E-state index in [0.717, 1.165) is 56.8 Å². The van der Waals surface area contributed by atoms with Crippen LogP contribution in [0.3, 0.4) is 0 Å². The molecular formula is C20H20N4S2. The molecule has 0 unspecified atom stereocenters. The fourth-order valence-corrected chi connectivity index (χ4v) is 4.76. The molecule has 4 nitrogen and oxygen atoms in total. The summed E-state index contributed by atoms with van der Waals surface area (Å²) in [6.07, 6.45) is 4.17. The Bertz CT molecular complexity index is 956. The third kappa shape index (κ3) is 3.52. The summed E-state index contributed by atoms with van der Waals surface area (Å²) in [5, 5.41) is 23.9. The van der Waals surface area contributed by atoms with E-state index in [-0.39, 0.29) is 0 Å². The minimum atomic E-state index is 0.988. The Balaban J connectivity index is 1.69. The minimum absolute atomic E-state index is 0.988. The molecular weight excluding hydrogens is 360 g/mol. The van der Waals surface area contributed by atoms with Gasteiger partial charge in [-0.1, -0.05) is 60.8 Å². The van der Waals surface area contributed by atoms with Crippen molar-refractivity contribution in [2.75, 3.05) is 0 Å². The zero-order chi connectivity index (χ0) is 17.9. The Morgan fingerprint density at radius 1 is 0.654 bits per heavy atom. The van der Waals surface area contributed by atoms with E-state index < -0.39 is 0 Å². The Hall–Kier alpha value is -2.18. The average Bonchev–Trinajstić information content (AvgIpc) is 3.31. The van der Waals surface area contributed by atoms with Gasteiger partial charge in [-0.3, -0.25) is 0 Å². The fraction of sp³-hybridized carbons (Fsp3) is 0.300. The van der Waals surface area contributed by atoms with Gasteiger partial charge in [-0.2, -0.15) is 0 Å². The number of fused-ring (bicyclic) bond motifs is 1. The fourth-order valence-electron chi connectivity index (χ4n) is 2.88. The Labute approximate surface area is 161 Å². The molecule has 0 amide bonds. The van der Waals surface area contributed by atoms with E-state index >= 15 is 0 Å². The lowest BCUT2D eigenvalue weighted by atomic mass is 10.0. The summed E-state index contributed by atoms with van der Waals surface area (Å²) < 4.78 is 0. The highest BCUT2D eigenvalue weighted by atomic mass is 32.1. The summed E-state index contributed by atoms with van der Waals surface area (Å²) >= 11 is 3.37. The lowest BCUT2D eigenvalue weighted by molar-refractivity contribution is 0.879. The van der Waals surface area contributed by atoms with Crippen molar-refractivity contribution in [3.8, 4) is 21.1 Å². The van der Waals surface area contributed by atoms with Crippen LogP contribution in [-0.4, -0.2) is 20.4 Å². The molecule has 6 heteroatoms. The molecule has 2 aromatic heterocycles. The van der Waals surface area contributed by atoms with Gasteiger partial charge in [0.05, 0.1) is 0 Å². The molecule has 0 aliphatic carbocycles. The Morgan fingerprint density at radius 3 is 1.62 bits per heavy atom. The number of hydrogen-bond acceptors (Lipinski definition) is 6. The van der Waals surface area contributed by atoms with E-state index in [0.29, 0.717) is 0 Å². The summed E-state index contributed by atoms with van der Waals surface area (Å²) in [6.45, 7) is 4.33. The Kier molecular flexibility index (Phi) is 5.04. The van der Waals surface area contributed by atoms with E-state index in [1.165, 1.54) is 10.8 Å². The third-order valence-corrected chi connectivity index (χ3v) is 6.26. The topological polar surface area (TPSA) is 51.6 Å². The smallest absolute Gasteiger partial charge is 0.143 e. The molecule has 0 N–H and O–H groups in total. The summed E-state index contributed by atoms with van der Waals surface area (Å²) in [7, 11) is 0. The maximum atomic E-state index is 4.36. The summed E-state index contributed by atoms with van der Waals surface area (Å²) in [5.41, 5.74) is 2.25. The molecule has 4 rings (SSSR count). The highest BCUT2D eigenvalue weighted by molar-refractivity contribution is 7.15. The number of aromatic nitrogens is 4. The van der Waals surface area contributed by atoms with Crippen LogP contribution in [0.4, 0.5) is 0 Å². The van der Waals surface area contributed by atoms with Crippen molar-refractivity contribution in [2.24, 2.45) is 0 Å². The molecule has 4 aromatic rings. The second kappa shape index (κ2) is 7.60. The predicted octanol–water partition coefficient (Wildman–Crippen LogP) is 5.78. The first kappa shape index (κ1) is 17.2. The van der Waals surface area contributed by atoms with Crippen molar-refractivity contribution >= 4 is 33.4 Å². The van der Waals surface area contributed by atoms with Crippen LogP contribution in [0.15, 0.2) is 36.4 Å². The van der Waals surface area contributed by atoms with E-state index in [4.69, 9.17) is 0 Å². The zero-order valence-corrected chi connectivity index (χ0v) is 16.5.